The quantitative estimate of drug-likeness (QED) is 0.775. The number of nitriles is 1. The summed E-state index contributed by atoms with van der Waals surface area (Å²) in [7, 11) is 0. The summed E-state index contributed by atoms with van der Waals surface area (Å²) in [5, 5.41) is 14.1. The van der Waals surface area contributed by atoms with Crippen LogP contribution in [-0.2, 0) is 19.0 Å². The van der Waals surface area contributed by atoms with Gasteiger partial charge in [-0.15, -0.1) is 0 Å². The predicted molar refractivity (Wildman–Crippen MR) is 62.8 cm³/mol. The lowest BCUT2D eigenvalue weighted by molar-refractivity contribution is -0.141. The third-order valence-corrected chi connectivity index (χ3v) is 2.71. The zero-order chi connectivity index (χ0) is 15.6. The Labute approximate surface area is 116 Å². The van der Waals surface area contributed by atoms with Crippen molar-refractivity contribution in [1.29, 1.82) is 5.26 Å². The molecular formula is C11H9F3N6O. The number of H-pyrrole nitrogens is 2. The Balaban J connectivity index is 2.39. The summed E-state index contributed by atoms with van der Waals surface area (Å²) >= 11 is 0. The minimum absolute atomic E-state index is 0.0695. The molecule has 0 atom stereocenters. The van der Waals surface area contributed by atoms with Gasteiger partial charge in [0.15, 0.2) is 11.5 Å². The lowest BCUT2D eigenvalue weighted by Crippen LogP contribution is -2.13. The maximum Gasteiger partial charge on any atom is 0.435 e. The maximum atomic E-state index is 12.9. The first-order chi connectivity index (χ1) is 9.82. The van der Waals surface area contributed by atoms with E-state index in [1.54, 1.807) is 6.07 Å². The number of aromatic nitrogens is 4. The maximum absolute atomic E-state index is 12.9. The van der Waals surface area contributed by atoms with Crippen molar-refractivity contribution in [3.63, 3.8) is 0 Å². The van der Waals surface area contributed by atoms with Gasteiger partial charge in [0.25, 0.3) is 5.91 Å². The average Bonchev–Trinajstić information content (AvgIpc) is 2.97. The van der Waals surface area contributed by atoms with E-state index in [2.05, 4.69) is 20.2 Å². The van der Waals surface area contributed by atoms with Gasteiger partial charge in [-0.05, 0) is 0 Å². The first-order valence-electron chi connectivity index (χ1n) is 5.67. The molecule has 0 aromatic carbocycles. The fraction of sp³-hybridized carbons (Fsp3) is 0.273. The molecule has 0 bridgehead atoms. The van der Waals surface area contributed by atoms with E-state index in [1.165, 1.54) is 6.20 Å². The van der Waals surface area contributed by atoms with Crippen LogP contribution in [-0.4, -0.2) is 26.1 Å². The Morgan fingerprint density at radius 2 is 2.19 bits per heavy atom. The van der Waals surface area contributed by atoms with E-state index in [-0.39, 0.29) is 35.6 Å². The SMILES string of the molecule is N#CCc1[nH]nc(C(F)(F)F)c1Cc1cnc(C(N)=O)[nH]1. The van der Waals surface area contributed by atoms with Gasteiger partial charge < -0.3 is 10.7 Å². The molecule has 10 heteroatoms. The molecule has 21 heavy (non-hydrogen) atoms. The van der Waals surface area contributed by atoms with Gasteiger partial charge in [-0.25, -0.2) is 4.98 Å². The highest BCUT2D eigenvalue weighted by Gasteiger charge is 2.37. The van der Waals surface area contributed by atoms with Crippen LogP contribution in [0.2, 0.25) is 0 Å². The first kappa shape index (κ1) is 14.6. The van der Waals surface area contributed by atoms with Gasteiger partial charge in [-0.1, -0.05) is 0 Å². The zero-order valence-corrected chi connectivity index (χ0v) is 10.5. The van der Waals surface area contributed by atoms with Gasteiger partial charge in [0.2, 0.25) is 0 Å². The second-order valence-electron chi connectivity index (χ2n) is 4.16. The molecule has 0 aliphatic heterocycles. The lowest BCUT2D eigenvalue weighted by atomic mass is 10.1. The molecule has 0 spiro atoms. The molecule has 2 aromatic heterocycles. The van der Waals surface area contributed by atoms with E-state index in [0.717, 1.165) is 0 Å². The largest absolute Gasteiger partial charge is 0.435 e. The average molecular weight is 298 g/mol. The van der Waals surface area contributed by atoms with Gasteiger partial charge in [0.05, 0.1) is 18.2 Å². The van der Waals surface area contributed by atoms with Crippen molar-refractivity contribution in [3.8, 4) is 6.07 Å². The summed E-state index contributed by atoms with van der Waals surface area (Å²) in [5.74, 6) is -0.967. The van der Waals surface area contributed by atoms with E-state index in [4.69, 9.17) is 11.0 Å². The number of nitrogens with one attached hydrogen (secondary N) is 2. The monoisotopic (exact) mass is 298 g/mol. The third kappa shape index (κ3) is 3.02. The predicted octanol–water partition coefficient (Wildman–Crippen LogP) is 0.907. The van der Waals surface area contributed by atoms with Crippen LogP contribution in [0.15, 0.2) is 6.20 Å². The molecule has 0 fully saturated rings. The molecule has 2 rings (SSSR count). The highest BCUT2D eigenvalue weighted by Crippen LogP contribution is 2.32. The van der Waals surface area contributed by atoms with Crippen LogP contribution in [0, 0.1) is 11.3 Å². The van der Waals surface area contributed by atoms with Crippen LogP contribution < -0.4 is 5.73 Å². The summed E-state index contributed by atoms with van der Waals surface area (Å²) in [6.45, 7) is 0. The minimum atomic E-state index is -4.65. The highest BCUT2D eigenvalue weighted by atomic mass is 19.4. The number of hydrogen-bond acceptors (Lipinski definition) is 4. The number of carbonyl (C=O) groups is 1. The number of aromatic amines is 2. The van der Waals surface area contributed by atoms with Crippen LogP contribution in [0.1, 0.15) is 33.3 Å². The van der Waals surface area contributed by atoms with Gasteiger partial charge in [0, 0.05) is 23.9 Å². The second-order valence-corrected chi connectivity index (χ2v) is 4.16. The third-order valence-electron chi connectivity index (χ3n) is 2.71. The van der Waals surface area contributed by atoms with E-state index >= 15 is 0 Å². The number of rotatable bonds is 4. The van der Waals surface area contributed by atoms with Crippen molar-refractivity contribution in [2.24, 2.45) is 5.73 Å². The van der Waals surface area contributed by atoms with Crippen molar-refractivity contribution < 1.29 is 18.0 Å². The Morgan fingerprint density at radius 3 is 2.71 bits per heavy atom. The van der Waals surface area contributed by atoms with Crippen LogP contribution in [0.4, 0.5) is 13.2 Å². The molecule has 0 saturated heterocycles. The lowest BCUT2D eigenvalue weighted by Gasteiger charge is -2.06. The van der Waals surface area contributed by atoms with Crippen molar-refractivity contribution >= 4 is 5.91 Å². The molecule has 0 aliphatic rings. The molecule has 1 amide bonds. The standard InChI is InChI=1S/C11H9F3N6O/c12-11(13,14)8-6(7(1-2-15)19-20-8)3-5-4-17-10(18-5)9(16)21/h4H,1,3H2,(H2,16,21)(H,17,18)(H,19,20). The smallest absolute Gasteiger partial charge is 0.363 e. The Bertz CT molecular complexity index is 708. The van der Waals surface area contributed by atoms with Crippen LogP contribution >= 0.6 is 0 Å². The number of alkyl halides is 3. The van der Waals surface area contributed by atoms with Crippen molar-refractivity contribution in [1.82, 2.24) is 20.2 Å². The van der Waals surface area contributed by atoms with E-state index < -0.39 is 17.8 Å². The summed E-state index contributed by atoms with van der Waals surface area (Å²) in [6.07, 6.45) is -3.88. The van der Waals surface area contributed by atoms with Crippen LogP contribution in [0.5, 0.6) is 0 Å². The minimum Gasteiger partial charge on any atom is -0.363 e. The Kier molecular flexibility index (Phi) is 3.66. The summed E-state index contributed by atoms with van der Waals surface area (Å²) < 4.78 is 38.6. The Morgan fingerprint density at radius 1 is 1.48 bits per heavy atom. The summed E-state index contributed by atoms with van der Waals surface area (Å²) in [4.78, 5) is 17.1. The zero-order valence-electron chi connectivity index (χ0n) is 10.5. The first-order valence-corrected chi connectivity index (χ1v) is 5.67. The molecule has 7 nitrogen and oxygen atoms in total. The molecule has 110 valence electrons. The van der Waals surface area contributed by atoms with Gasteiger partial charge >= 0.3 is 6.18 Å². The van der Waals surface area contributed by atoms with Crippen molar-refractivity contribution in [3.05, 3.63) is 34.7 Å². The number of nitrogens with two attached hydrogens (primary N) is 1. The highest BCUT2D eigenvalue weighted by molar-refractivity contribution is 5.88. The number of nitrogens with zero attached hydrogens (tertiary/aromatic N) is 3. The molecule has 2 aromatic rings. The van der Waals surface area contributed by atoms with Crippen molar-refractivity contribution in [2.75, 3.05) is 0 Å². The molecule has 0 radical (unpaired) electrons. The topological polar surface area (TPSA) is 124 Å². The number of halogens is 3. The van der Waals surface area contributed by atoms with Gasteiger partial charge in [-0.3, -0.25) is 9.89 Å². The molecule has 0 unspecified atom stereocenters. The number of carbonyl (C=O) groups excluding carboxylic acids is 1. The molecule has 2 heterocycles. The molecule has 4 N–H and O–H groups in total. The molecule has 0 saturated carbocycles. The molecule has 0 aliphatic carbocycles. The fourth-order valence-corrected chi connectivity index (χ4v) is 1.82. The van der Waals surface area contributed by atoms with Gasteiger partial charge in [-0.2, -0.15) is 23.5 Å². The number of imidazole rings is 1. The van der Waals surface area contributed by atoms with Crippen LogP contribution in [0.25, 0.3) is 0 Å². The number of hydrogen-bond donors (Lipinski definition) is 3. The van der Waals surface area contributed by atoms with Crippen LogP contribution in [0.3, 0.4) is 0 Å². The second kappa shape index (κ2) is 5.28. The summed E-state index contributed by atoms with van der Waals surface area (Å²) in [5.41, 5.74) is 4.07. The van der Waals surface area contributed by atoms with Gasteiger partial charge in [0.1, 0.15) is 0 Å². The molecular weight excluding hydrogens is 289 g/mol. The normalized spacial score (nSPS) is 11.3. The fourth-order valence-electron chi connectivity index (χ4n) is 1.82. The van der Waals surface area contributed by atoms with Crippen molar-refractivity contribution in [2.45, 2.75) is 19.0 Å². The van der Waals surface area contributed by atoms with E-state index in [1.807, 2.05) is 0 Å². The van der Waals surface area contributed by atoms with E-state index in [0.29, 0.717) is 0 Å². The Hall–Kier alpha value is -2.83. The number of primary amides is 1. The van der Waals surface area contributed by atoms with E-state index in [9.17, 15) is 18.0 Å². The summed E-state index contributed by atoms with van der Waals surface area (Å²) in [6, 6.07) is 1.76. The number of amides is 1.